The van der Waals surface area contributed by atoms with Gasteiger partial charge in [-0.25, -0.2) is 0 Å². The van der Waals surface area contributed by atoms with Gasteiger partial charge in [0.2, 0.25) is 5.88 Å². The van der Waals surface area contributed by atoms with Crippen molar-refractivity contribution in [2.75, 3.05) is 7.11 Å². The van der Waals surface area contributed by atoms with Crippen molar-refractivity contribution >= 4 is 16.7 Å². The first-order chi connectivity index (χ1) is 13.7. The Morgan fingerprint density at radius 1 is 1.21 bits per heavy atom. The average molecular weight is 375 g/mol. The predicted molar refractivity (Wildman–Crippen MR) is 100 cm³/mol. The number of rotatable bonds is 3. The van der Waals surface area contributed by atoms with Crippen molar-refractivity contribution in [3.8, 4) is 34.1 Å². The molecule has 0 fully saturated rings. The van der Waals surface area contributed by atoms with E-state index in [2.05, 4.69) is 30.5 Å². The van der Waals surface area contributed by atoms with Crippen LogP contribution < -0.4 is 10.3 Å². The number of ether oxygens (including phenoxy) is 1. The Hall–Kier alpha value is -4.21. The van der Waals surface area contributed by atoms with Gasteiger partial charge < -0.3 is 14.8 Å². The third-order valence-corrected chi connectivity index (χ3v) is 4.45. The SMILES string of the molecule is COc1cc2[nH]nnc2cc1-c1cc(=O)n2nc(O)c(-c3ccccn3)c2[nH]1. The summed E-state index contributed by atoms with van der Waals surface area (Å²) in [5.41, 5.74) is 3.16. The van der Waals surface area contributed by atoms with Gasteiger partial charge in [-0.2, -0.15) is 4.52 Å². The lowest BCUT2D eigenvalue weighted by Gasteiger charge is -2.09. The lowest BCUT2D eigenvalue weighted by molar-refractivity contribution is 0.417. The molecule has 0 saturated carbocycles. The van der Waals surface area contributed by atoms with Crippen LogP contribution in [-0.2, 0) is 0 Å². The van der Waals surface area contributed by atoms with Crippen molar-refractivity contribution in [2.24, 2.45) is 0 Å². The highest BCUT2D eigenvalue weighted by atomic mass is 16.5. The number of methoxy groups -OCH3 is 1. The Labute approximate surface area is 156 Å². The molecule has 0 saturated heterocycles. The van der Waals surface area contributed by atoms with Gasteiger partial charge in [0.25, 0.3) is 5.56 Å². The van der Waals surface area contributed by atoms with E-state index in [-0.39, 0.29) is 5.88 Å². The maximum Gasteiger partial charge on any atom is 0.275 e. The van der Waals surface area contributed by atoms with Crippen molar-refractivity contribution in [1.82, 2.24) is 35.0 Å². The topological polar surface area (TPSA) is 134 Å². The molecule has 1 aromatic carbocycles. The molecule has 5 aromatic rings. The fourth-order valence-electron chi connectivity index (χ4n) is 3.17. The second-order valence-corrected chi connectivity index (χ2v) is 6.08. The molecule has 28 heavy (non-hydrogen) atoms. The molecule has 0 aliphatic rings. The van der Waals surface area contributed by atoms with Gasteiger partial charge in [-0.05, 0) is 18.2 Å². The first-order valence-electron chi connectivity index (χ1n) is 8.31. The Kier molecular flexibility index (Phi) is 3.38. The van der Waals surface area contributed by atoms with Gasteiger partial charge in [0.15, 0.2) is 5.65 Å². The lowest BCUT2D eigenvalue weighted by atomic mass is 10.1. The van der Waals surface area contributed by atoms with Crippen LogP contribution in [0.1, 0.15) is 0 Å². The Morgan fingerprint density at radius 3 is 2.89 bits per heavy atom. The largest absolute Gasteiger partial charge is 0.496 e. The van der Waals surface area contributed by atoms with Crippen LogP contribution in [0.5, 0.6) is 11.6 Å². The van der Waals surface area contributed by atoms with E-state index in [1.54, 1.807) is 36.5 Å². The summed E-state index contributed by atoms with van der Waals surface area (Å²) in [6, 6.07) is 10.2. The van der Waals surface area contributed by atoms with E-state index in [0.717, 1.165) is 4.52 Å². The summed E-state index contributed by atoms with van der Waals surface area (Å²) < 4.78 is 6.57. The van der Waals surface area contributed by atoms with Gasteiger partial charge >= 0.3 is 0 Å². The Bertz CT molecular complexity index is 1390. The van der Waals surface area contributed by atoms with E-state index in [0.29, 0.717) is 44.9 Å². The van der Waals surface area contributed by atoms with Crippen molar-refractivity contribution in [3.63, 3.8) is 0 Å². The molecular weight excluding hydrogens is 362 g/mol. The minimum atomic E-state index is -0.413. The van der Waals surface area contributed by atoms with Gasteiger partial charge in [-0.15, -0.1) is 10.2 Å². The summed E-state index contributed by atoms with van der Waals surface area (Å²) in [6.07, 6.45) is 1.60. The molecule has 0 bridgehead atoms. The summed E-state index contributed by atoms with van der Waals surface area (Å²) in [5, 5.41) is 24.8. The van der Waals surface area contributed by atoms with Gasteiger partial charge in [0, 0.05) is 23.9 Å². The van der Waals surface area contributed by atoms with Crippen molar-refractivity contribution < 1.29 is 9.84 Å². The molecule has 3 N–H and O–H groups in total. The van der Waals surface area contributed by atoms with Crippen molar-refractivity contribution in [3.05, 3.63) is 52.9 Å². The van der Waals surface area contributed by atoms with E-state index in [1.165, 1.54) is 13.2 Å². The molecule has 138 valence electrons. The first kappa shape index (κ1) is 16.0. The smallest absolute Gasteiger partial charge is 0.275 e. The van der Waals surface area contributed by atoms with E-state index < -0.39 is 5.56 Å². The summed E-state index contributed by atoms with van der Waals surface area (Å²) in [7, 11) is 1.54. The van der Waals surface area contributed by atoms with Crippen molar-refractivity contribution in [2.45, 2.75) is 0 Å². The number of nitrogens with zero attached hydrogens (tertiary/aromatic N) is 5. The van der Waals surface area contributed by atoms with Crippen LogP contribution in [0.2, 0.25) is 0 Å². The molecule has 0 unspecified atom stereocenters. The number of nitrogens with one attached hydrogen (secondary N) is 2. The molecule has 4 aromatic heterocycles. The molecule has 4 heterocycles. The average Bonchev–Trinajstić information content (AvgIpc) is 3.30. The van der Waals surface area contributed by atoms with Crippen LogP contribution in [-0.4, -0.2) is 47.2 Å². The molecular formula is C18H13N7O3. The normalized spacial score (nSPS) is 11.3. The van der Waals surface area contributed by atoms with Gasteiger partial charge in [-0.1, -0.05) is 11.3 Å². The third kappa shape index (κ3) is 2.31. The number of pyridine rings is 1. The minimum absolute atomic E-state index is 0.289. The van der Waals surface area contributed by atoms with Crippen LogP contribution in [0.4, 0.5) is 0 Å². The van der Waals surface area contributed by atoms with Crippen LogP contribution in [0.3, 0.4) is 0 Å². The molecule has 0 aliphatic carbocycles. The number of benzene rings is 1. The number of hydrogen-bond donors (Lipinski definition) is 3. The number of aromatic hydroxyl groups is 1. The molecule has 0 radical (unpaired) electrons. The Morgan fingerprint density at radius 2 is 2.11 bits per heavy atom. The fourth-order valence-corrected chi connectivity index (χ4v) is 3.17. The minimum Gasteiger partial charge on any atom is -0.496 e. The van der Waals surface area contributed by atoms with Crippen LogP contribution in [0.15, 0.2) is 47.4 Å². The van der Waals surface area contributed by atoms with E-state index in [4.69, 9.17) is 4.74 Å². The maximum absolute atomic E-state index is 12.7. The fraction of sp³-hybridized carbons (Fsp3) is 0.0556. The van der Waals surface area contributed by atoms with Crippen LogP contribution in [0.25, 0.3) is 39.2 Å². The number of fused-ring (bicyclic) bond motifs is 2. The standard InChI is InChI=1S/C18H13N7O3/c1-28-14-7-13-12(21-24-22-13)6-9(14)11-8-15(26)25-17(20-11)16(18(27)23-25)10-4-2-3-5-19-10/h2-8,20H,1H3,(H,23,27)(H,21,22,24). The van der Waals surface area contributed by atoms with Crippen LogP contribution >= 0.6 is 0 Å². The predicted octanol–water partition coefficient (Wildman–Crippen LogP) is 1.74. The van der Waals surface area contributed by atoms with E-state index >= 15 is 0 Å². The Balaban J connectivity index is 1.82. The summed E-state index contributed by atoms with van der Waals surface area (Å²) in [4.78, 5) is 20.1. The van der Waals surface area contributed by atoms with Gasteiger partial charge in [0.05, 0.1) is 24.0 Å². The first-order valence-corrected chi connectivity index (χ1v) is 8.31. The highest BCUT2D eigenvalue weighted by Crippen LogP contribution is 2.34. The summed E-state index contributed by atoms with van der Waals surface area (Å²) >= 11 is 0. The zero-order valence-electron chi connectivity index (χ0n) is 14.5. The molecule has 0 aliphatic heterocycles. The number of hydrogen-bond acceptors (Lipinski definition) is 7. The summed E-state index contributed by atoms with van der Waals surface area (Å²) in [5.74, 6) is 0.241. The zero-order valence-corrected chi connectivity index (χ0v) is 14.5. The molecule has 0 spiro atoms. The second-order valence-electron chi connectivity index (χ2n) is 6.08. The molecule has 10 heteroatoms. The quantitative estimate of drug-likeness (QED) is 0.437. The summed E-state index contributed by atoms with van der Waals surface area (Å²) in [6.45, 7) is 0. The number of H-pyrrole nitrogens is 2. The van der Waals surface area contributed by atoms with Gasteiger partial charge in [0.1, 0.15) is 16.8 Å². The third-order valence-electron chi connectivity index (χ3n) is 4.45. The molecule has 0 atom stereocenters. The maximum atomic E-state index is 12.7. The molecule has 10 nitrogen and oxygen atoms in total. The van der Waals surface area contributed by atoms with E-state index in [9.17, 15) is 9.90 Å². The lowest BCUT2D eigenvalue weighted by Crippen LogP contribution is -2.14. The molecule has 5 rings (SSSR count). The highest BCUT2D eigenvalue weighted by Gasteiger charge is 2.19. The highest BCUT2D eigenvalue weighted by molar-refractivity contribution is 5.86. The van der Waals surface area contributed by atoms with Gasteiger partial charge in [-0.3, -0.25) is 14.9 Å². The van der Waals surface area contributed by atoms with Crippen LogP contribution in [0, 0.1) is 0 Å². The van der Waals surface area contributed by atoms with E-state index in [1.807, 2.05) is 0 Å². The zero-order chi connectivity index (χ0) is 19.3. The second kappa shape index (κ2) is 5.91. The number of aromatic amines is 2. The molecule has 0 amide bonds. The number of aromatic nitrogens is 7. The monoisotopic (exact) mass is 375 g/mol. The van der Waals surface area contributed by atoms with Crippen molar-refractivity contribution in [1.29, 1.82) is 0 Å².